The van der Waals surface area contributed by atoms with E-state index >= 15 is 0 Å². The van der Waals surface area contributed by atoms with Crippen LogP contribution >= 0.6 is 31.9 Å². The van der Waals surface area contributed by atoms with Crippen LogP contribution in [0.15, 0.2) is 43.9 Å². The standard InChI is InChI=1S/C15H15Br2NO3/c1-3-20-15(19)10-4-5-12(11(16)8-10)18-9(2)13-6-7-14(17)21-13/h4-9,18H,3H2,1-2H3. The summed E-state index contributed by atoms with van der Waals surface area (Å²) in [5.74, 6) is 0.496. The molecule has 4 nitrogen and oxygen atoms in total. The second kappa shape index (κ2) is 7.13. The summed E-state index contributed by atoms with van der Waals surface area (Å²) in [5, 5.41) is 3.32. The Morgan fingerprint density at radius 3 is 2.67 bits per heavy atom. The van der Waals surface area contributed by atoms with Gasteiger partial charge in [-0.05, 0) is 76.0 Å². The van der Waals surface area contributed by atoms with Crippen molar-refractivity contribution in [3.05, 3.63) is 50.8 Å². The highest BCUT2D eigenvalue weighted by atomic mass is 79.9. The van der Waals surface area contributed by atoms with Crippen molar-refractivity contribution in [3.8, 4) is 0 Å². The minimum atomic E-state index is -0.326. The van der Waals surface area contributed by atoms with Gasteiger partial charge in [-0.1, -0.05) is 0 Å². The zero-order valence-electron chi connectivity index (χ0n) is 11.7. The predicted molar refractivity (Wildman–Crippen MR) is 88.5 cm³/mol. The van der Waals surface area contributed by atoms with Crippen LogP contribution in [0, 0.1) is 0 Å². The van der Waals surface area contributed by atoms with Crippen LogP contribution in [0.4, 0.5) is 5.69 Å². The van der Waals surface area contributed by atoms with E-state index in [4.69, 9.17) is 9.15 Å². The number of hydrogen-bond donors (Lipinski definition) is 1. The number of ether oxygens (including phenoxy) is 1. The maximum atomic E-state index is 11.7. The molecule has 2 aromatic rings. The smallest absolute Gasteiger partial charge is 0.338 e. The van der Waals surface area contributed by atoms with Gasteiger partial charge in [-0.15, -0.1) is 0 Å². The lowest BCUT2D eigenvalue weighted by Crippen LogP contribution is -2.08. The molecule has 1 aromatic carbocycles. The van der Waals surface area contributed by atoms with Crippen LogP contribution < -0.4 is 5.32 Å². The quantitative estimate of drug-likeness (QED) is 0.684. The summed E-state index contributed by atoms with van der Waals surface area (Å²) < 4.78 is 12.0. The summed E-state index contributed by atoms with van der Waals surface area (Å²) in [6.45, 7) is 4.14. The summed E-state index contributed by atoms with van der Waals surface area (Å²) in [6, 6.07) is 9.07. The number of carbonyl (C=O) groups excluding carboxylic acids is 1. The highest BCUT2D eigenvalue weighted by molar-refractivity contribution is 9.10. The van der Waals surface area contributed by atoms with Crippen molar-refractivity contribution in [2.75, 3.05) is 11.9 Å². The molecule has 0 radical (unpaired) electrons. The number of rotatable bonds is 5. The van der Waals surface area contributed by atoms with E-state index in [1.165, 1.54) is 0 Å². The van der Waals surface area contributed by atoms with Crippen LogP contribution in [0.25, 0.3) is 0 Å². The van der Waals surface area contributed by atoms with E-state index in [9.17, 15) is 4.79 Å². The first-order chi connectivity index (χ1) is 10.0. The summed E-state index contributed by atoms with van der Waals surface area (Å²) in [4.78, 5) is 11.7. The highest BCUT2D eigenvalue weighted by Gasteiger charge is 2.13. The Morgan fingerprint density at radius 2 is 2.10 bits per heavy atom. The van der Waals surface area contributed by atoms with Gasteiger partial charge in [0.15, 0.2) is 4.67 Å². The molecule has 112 valence electrons. The SMILES string of the molecule is CCOC(=O)c1ccc(NC(C)c2ccc(Br)o2)c(Br)c1. The fourth-order valence-corrected chi connectivity index (χ4v) is 2.65. The van der Waals surface area contributed by atoms with Crippen LogP contribution in [-0.4, -0.2) is 12.6 Å². The van der Waals surface area contributed by atoms with Crippen molar-refractivity contribution in [3.63, 3.8) is 0 Å². The normalized spacial score (nSPS) is 12.0. The van der Waals surface area contributed by atoms with Crippen LogP contribution in [0.5, 0.6) is 0 Å². The topological polar surface area (TPSA) is 51.5 Å². The molecule has 1 heterocycles. The van der Waals surface area contributed by atoms with Crippen molar-refractivity contribution in [2.45, 2.75) is 19.9 Å². The third-order valence-corrected chi connectivity index (χ3v) is 3.96. The molecular weight excluding hydrogens is 402 g/mol. The number of halogens is 2. The molecule has 0 fully saturated rings. The van der Waals surface area contributed by atoms with Gasteiger partial charge in [0.25, 0.3) is 0 Å². The molecule has 0 spiro atoms. The van der Waals surface area contributed by atoms with Crippen LogP contribution in [-0.2, 0) is 4.74 Å². The summed E-state index contributed by atoms with van der Waals surface area (Å²) >= 11 is 6.75. The predicted octanol–water partition coefficient (Wildman–Crippen LogP) is 5.15. The number of carbonyl (C=O) groups is 1. The van der Waals surface area contributed by atoms with Gasteiger partial charge in [0, 0.05) is 10.2 Å². The van der Waals surface area contributed by atoms with E-state index in [0.717, 1.165) is 15.9 Å². The molecule has 0 aliphatic heterocycles. The molecule has 0 saturated carbocycles. The fraction of sp³-hybridized carbons (Fsp3) is 0.267. The van der Waals surface area contributed by atoms with Gasteiger partial charge in [0.05, 0.1) is 18.2 Å². The lowest BCUT2D eigenvalue weighted by molar-refractivity contribution is 0.0526. The number of anilines is 1. The Kier molecular flexibility index (Phi) is 5.47. The highest BCUT2D eigenvalue weighted by Crippen LogP contribution is 2.29. The lowest BCUT2D eigenvalue weighted by atomic mass is 10.2. The Bertz CT molecular complexity index is 640. The van der Waals surface area contributed by atoms with Crippen molar-refractivity contribution in [1.29, 1.82) is 0 Å². The minimum absolute atomic E-state index is 0.000966. The zero-order chi connectivity index (χ0) is 15.4. The van der Waals surface area contributed by atoms with Crippen LogP contribution in [0.1, 0.15) is 36.0 Å². The molecule has 6 heteroatoms. The van der Waals surface area contributed by atoms with E-state index in [0.29, 0.717) is 16.8 Å². The Morgan fingerprint density at radius 1 is 1.33 bits per heavy atom. The molecule has 0 aliphatic rings. The van der Waals surface area contributed by atoms with Gasteiger partial charge < -0.3 is 14.5 Å². The second-order valence-electron chi connectivity index (χ2n) is 4.42. The van der Waals surface area contributed by atoms with E-state index in [1.807, 2.05) is 25.1 Å². The molecule has 2 rings (SSSR count). The summed E-state index contributed by atoms with van der Waals surface area (Å²) in [7, 11) is 0. The number of nitrogens with one attached hydrogen (secondary N) is 1. The van der Waals surface area contributed by atoms with Crippen molar-refractivity contribution < 1.29 is 13.9 Å². The first-order valence-corrected chi connectivity index (χ1v) is 8.08. The molecular formula is C15H15Br2NO3. The van der Waals surface area contributed by atoms with Gasteiger partial charge in [0.1, 0.15) is 5.76 Å². The summed E-state index contributed by atoms with van der Waals surface area (Å²) in [6.07, 6.45) is 0. The maximum Gasteiger partial charge on any atom is 0.338 e. The molecule has 1 N–H and O–H groups in total. The third kappa shape index (κ3) is 4.11. The Labute approximate surface area is 140 Å². The molecule has 0 saturated heterocycles. The fourth-order valence-electron chi connectivity index (χ4n) is 1.84. The van der Waals surface area contributed by atoms with Crippen molar-refractivity contribution >= 4 is 43.5 Å². The molecule has 21 heavy (non-hydrogen) atoms. The average Bonchev–Trinajstić information content (AvgIpc) is 2.88. The first kappa shape index (κ1) is 16.1. The first-order valence-electron chi connectivity index (χ1n) is 6.49. The number of esters is 1. The minimum Gasteiger partial charge on any atom is -0.462 e. The molecule has 0 amide bonds. The zero-order valence-corrected chi connectivity index (χ0v) is 14.8. The van der Waals surface area contributed by atoms with Gasteiger partial charge in [0.2, 0.25) is 0 Å². The monoisotopic (exact) mass is 415 g/mol. The second-order valence-corrected chi connectivity index (χ2v) is 6.06. The van der Waals surface area contributed by atoms with Gasteiger partial charge in [-0.25, -0.2) is 4.79 Å². The number of benzene rings is 1. The van der Waals surface area contributed by atoms with E-state index < -0.39 is 0 Å². The van der Waals surface area contributed by atoms with Gasteiger partial charge >= 0.3 is 5.97 Å². The molecule has 1 aromatic heterocycles. The third-order valence-electron chi connectivity index (χ3n) is 2.87. The average molecular weight is 417 g/mol. The number of furan rings is 1. The molecule has 0 aliphatic carbocycles. The van der Waals surface area contributed by atoms with E-state index in [2.05, 4.69) is 37.2 Å². The van der Waals surface area contributed by atoms with E-state index in [1.54, 1.807) is 19.1 Å². The lowest BCUT2D eigenvalue weighted by Gasteiger charge is -2.15. The molecule has 1 atom stereocenters. The summed E-state index contributed by atoms with van der Waals surface area (Å²) in [5.41, 5.74) is 1.39. The van der Waals surface area contributed by atoms with Gasteiger partial charge in [-0.2, -0.15) is 0 Å². The largest absolute Gasteiger partial charge is 0.462 e. The molecule has 1 unspecified atom stereocenters. The van der Waals surface area contributed by atoms with Gasteiger partial charge in [-0.3, -0.25) is 0 Å². The van der Waals surface area contributed by atoms with Crippen LogP contribution in [0.2, 0.25) is 0 Å². The van der Waals surface area contributed by atoms with Crippen molar-refractivity contribution in [1.82, 2.24) is 0 Å². The van der Waals surface area contributed by atoms with Crippen LogP contribution in [0.3, 0.4) is 0 Å². The van der Waals surface area contributed by atoms with E-state index in [-0.39, 0.29) is 12.0 Å². The number of hydrogen-bond acceptors (Lipinski definition) is 4. The maximum absolute atomic E-state index is 11.7. The molecule has 0 bridgehead atoms. The Hall–Kier alpha value is -1.27. The Balaban J connectivity index is 2.12. The van der Waals surface area contributed by atoms with Crippen molar-refractivity contribution in [2.24, 2.45) is 0 Å².